The van der Waals surface area contributed by atoms with Gasteiger partial charge in [0.15, 0.2) is 0 Å². The Bertz CT molecular complexity index is 715. The van der Waals surface area contributed by atoms with Crippen LogP contribution in [-0.4, -0.2) is 33.7 Å². The van der Waals surface area contributed by atoms with Crippen molar-refractivity contribution in [3.63, 3.8) is 0 Å². The van der Waals surface area contributed by atoms with Crippen LogP contribution in [0.2, 0.25) is 0 Å². The number of carbonyl (C=O) groups excluding carboxylic acids is 2. The van der Waals surface area contributed by atoms with Crippen LogP contribution in [-0.2, 0) is 27.3 Å². The van der Waals surface area contributed by atoms with Gasteiger partial charge in [0.2, 0.25) is 0 Å². The van der Waals surface area contributed by atoms with Gasteiger partial charge >= 0.3 is 12.1 Å². The van der Waals surface area contributed by atoms with Crippen molar-refractivity contribution in [1.82, 2.24) is 15.3 Å². The lowest BCUT2D eigenvalue weighted by Crippen LogP contribution is -2.45. The molecule has 0 radical (unpaired) electrons. The van der Waals surface area contributed by atoms with Gasteiger partial charge in [-0.1, -0.05) is 30.3 Å². The molecule has 0 saturated carbocycles. The number of esters is 1. The number of hydrogen-bond acceptors (Lipinski definition) is 6. The van der Waals surface area contributed by atoms with Gasteiger partial charge in [0, 0.05) is 18.8 Å². The first kappa shape index (κ1) is 19.4. The van der Waals surface area contributed by atoms with Crippen molar-refractivity contribution in [3.8, 4) is 0 Å². The van der Waals surface area contributed by atoms with Gasteiger partial charge in [0.05, 0.1) is 0 Å². The molecule has 7 nitrogen and oxygen atoms in total. The second-order valence-electron chi connectivity index (χ2n) is 6.66. The Labute approximate surface area is 152 Å². The van der Waals surface area contributed by atoms with E-state index in [2.05, 4.69) is 15.3 Å². The van der Waals surface area contributed by atoms with Crippen LogP contribution in [0, 0.1) is 0 Å². The smallest absolute Gasteiger partial charge is 0.408 e. The largest absolute Gasteiger partial charge is 0.459 e. The Morgan fingerprint density at radius 1 is 1.08 bits per heavy atom. The van der Waals surface area contributed by atoms with Crippen LogP contribution in [0.15, 0.2) is 48.8 Å². The first-order valence-corrected chi connectivity index (χ1v) is 8.29. The number of hydrogen-bond donors (Lipinski definition) is 1. The fourth-order valence-corrected chi connectivity index (χ4v) is 2.09. The minimum absolute atomic E-state index is 0.105. The zero-order chi connectivity index (χ0) is 19.0. The normalized spacial score (nSPS) is 12.1. The number of ether oxygens (including phenoxy) is 2. The van der Waals surface area contributed by atoms with E-state index < -0.39 is 23.7 Å². The summed E-state index contributed by atoms with van der Waals surface area (Å²) in [5, 5.41) is 2.54. The number of carbonyl (C=O) groups is 2. The maximum atomic E-state index is 12.5. The molecule has 1 aromatic heterocycles. The molecule has 1 aromatic carbocycles. The van der Waals surface area contributed by atoms with Crippen LogP contribution >= 0.6 is 0 Å². The Balaban J connectivity index is 2.03. The van der Waals surface area contributed by atoms with Gasteiger partial charge in [0.1, 0.15) is 24.1 Å². The average molecular weight is 357 g/mol. The molecule has 2 aromatic rings. The van der Waals surface area contributed by atoms with Crippen molar-refractivity contribution in [2.45, 2.75) is 45.4 Å². The zero-order valence-electron chi connectivity index (χ0n) is 15.1. The van der Waals surface area contributed by atoms with Crippen molar-refractivity contribution >= 4 is 12.1 Å². The van der Waals surface area contributed by atoms with Gasteiger partial charge in [0.25, 0.3) is 0 Å². The highest BCUT2D eigenvalue weighted by Gasteiger charge is 2.26. The quantitative estimate of drug-likeness (QED) is 0.799. The summed E-state index contributed by atoms with van der Waals surface area (Å²) in [6.45, 7) is 5.35. The standard InChI is InChI=1S/C19H23N3O4/c1-19(2,3)26-18(24)22-15(12-16-20-10-7-11-21-16)17(23)25-13-14-8-5-4-6-9-14/h4-11,15H,12-13H2,1-3H3,(H,22,24)/t15-/m0/s1. The van der Waals surface area contributed by atoms with Crippen LogP contribution in [0.4, 0.5) is 4.79 Å². The van der Waals surface area contributed by atoms with E-state index in [4.69, 9.17) is 9.47 Å². The summed E-state index contributed by atoms with van der Waals surface area (Å²) in [6.07, 6.45) is 2.55. The Morgan fingerprint density at radius 3 is 2.35 bits per heavy atom. The van der Waals surface area contributed by atoms with E-state index in [1.165, 1.54) is 0 Å². The summed E-state index contributed by atoms with van der Waals surface area (Å²) < 4.78 is 10.5. The molecule has 0 saturated heterocycles. The molecular formula is C19H23N3O4. The Kier molecular flexibility index (Phi) is 6.66. The van der Waals surface area contributed by atoms with Crippen LogP contribution in [0.25, 0.3) is 0 Å². The molecule has 1 atom stereocenters. The summed E-state index contributed by atoms with van der Waals surface area (Å²) in [4.78, 5) is 32.7. The third-order valence-corrected chi connectivity index (χ3v) is 3.21. The van der Waals surface area contributed by atoms with Crippen molar-refractivity contribution in [2.75, 3.05) is 0 Å². The van der Waals surface area contributed by atoms with E-state index in [9.17, 15) is 9.59 Å². The van der Waals surface area contributed by atoms with Gasteiger partial charge < -0.3 is 14.8 Å². The third-order valence-electron chi connectivity index (χ3n) is 3.21. The average Bonchev–Trinajstić information content (AvgIpc) is 2.59. The summed E-state index contributed by atoms with van der Waals surface area (Å²) >= 11 is 0. The number of benzene rings is 1. The van der Waals surface area contributed by atoms with Crippen molar-refractivity contribution in [2.24, 2.45) is 0 Å². The number of amides is 1. The van der Waals surface area contributed by atoms with E-state index in [0.29, 0.717) is 5.82 Å². The number of alkyl carbamates (subject to hydrolysis) is 1. The lowest BCUT2D eigenvalue weighted by Gasteiger charge is -2.22. The van der Waals surface area contributed by atoms with Gasteiger partial charge in [-0.05, 0) is 32.4 Å². The maximum Gasteiger partial charge on any atom is 0.408 e. The maximum absolute atomic E-state index is 12.5. The lowest BCUT2D eigenvalue weighted by molar-refractivity contribution is -0.147. The summed E-state index contributed by atoms with van der Waals surface area (Å²) in [5.74, 6) is -0.155. The summed E-state index contributed by atoms with van der Waals surface area (Å²) in [5.41, 5.74) is 0.180. The molecule has 0 bridgehead atoms. The molecule has 1 N–H and O–H groups in total. The fraction of sp³-hybridized carbons (Fsp3) is 0.368. The highest BCUT2D eigenvalue weighted by Crippen LogP contribution is 2.09. The second kappa shape index (κ2) is 8.94. The molecule has 0 unspecified atom stereocenters. The van der Waals surface area contributed by atoms with Crippen LogP contribution in [0.1, 0.15) is 32.2 Å². The molecule has 138 valence electrons. The number of nitrogens with zero attached hydrogens (tertiary/aromatic N) is 2. The van der Waals surface area contributed by atoms with Gasteiger partial charge in [-0.15, -0.1) is 0 Å². The van der Waals surface area contributed by atoms with Gasteiger partial charge in [-0.3, -0.25) is 0 Å². The highest BCUT2D eigenvalue weighted by molar-refractivity contribution is 5.81. The SMILES string of the molecule is CC(C)(C)OC(=O)N[C@@H](Cc1ncccn1)C(=O)OCc1ccccc1. The van der Waals surface area contributed by atoms with E-state index >= 15 is 0 Å². The van der Waals surface area contributed by atoms with E-state index in [0.717, 1.165) is 5.56 Å². The molecule has 0 spiro atoms. The molecule has 1 amide bonds. The monoisotopic (exact) mass is 357 g/mol. The van der Waals surface area contributed by atoms with E-state index in [-0.39, 0.29) is 13.0 Å². The van der Waals surface area contributed by atoms with Crippen LogP contribution in [0.3, 0.4) is 0 Å². The topological polar surface area (TPSA) is 90.4 Å². The molecular weight excluding hydrogens is 334 g/mol. The predicted molar refractivity (Wildman–Crippen MR) is 95.1 cm³/mol. The molecule has 2 rings (SSSR count). The molecule has 1 heterocycles. The second-order valence-corrected chi connectivity index (χ2v) is 6.66. The Morgan fingerprint density at radius 2 is 1.73 bits per heavy atom. The van der Waals surface area contributed by atoms with Crippen LogP contribution in [0.5, 0.6) is 0 Å². The third kappa shape index (κ3) is 6.88. The van der Waals surface area contributed by atoms with Gasteiger partial charge in [-0.2, -0.15) is 0 Å². The van der Waals surface area contributed by atoms with Crippen molar-refractivity contribution < 1.29 is 19.1 Å². The first-order valence-electron chi connectivity index (χ1n) is 8.29. The summed E-state index contributed by atoms with van der Waals surface area (Å²) in [7, 11) is 0. The lowest BCUT2D eigenvalue weighted by atomic mass is 10.2. The minimum atomic E-state index is -0.948. The van der Waals surface area contributed by atoms with E-state index in [1.54, 1.807) is 39.2 Å². The molecule has 26 heavy (non-hydrogen) atoms. The molecule has 0 aliphatic heterocycles. The first-order chi connectivity index (χ1) is 12.3. The minimum Gasteiger partial charge on any atom is -0.459 e. The van der Waals surface area contributed by atoms with E-state index in [1.807, 2.05) is 30.3 Å². The zero-order valence-corrected chi connectivity index (χ0v) is 15.1. The van der Waals surface area contributed by atoms with Crippen molar-refractivity contribution in [3.05, 3.63) is 60.2 Å². The van der Waals surface area contributed by atoms with Crippen molar-refractivity contribution in [1.29, 1.82) is 0 Å². The predicted octanol–water partition coefficient (Wildman–Crippen LogP) is 2.66. The molecule has 0 aliphatic rings. The van der Waals surface area contributed by atoms with Gasteiger partial charge in [-0.25, -0.2) is 19.6 Å². The molecule has 0 aliphatic carbocycles. The number of rotatable bonds is 6. The summed E-state index contributed by atoms with van der Waals surface area (Å²) in [6, 6.07) is 10.0. The number of nitrogens with one attached hydrogen (secondary N) is 1. The number of aromatic nitrogens is 2. The van der Waals surface area contributed by atoms with Crippen LogP contribution < -0.4 is 5.32 Å². The molecule has 0 fully saturated rings. The highest BCUT2D eigenvalue weighted by atomic mass is 16.6. The fourth-order valence-electron chi connectivity index (χ4n) is 2.09. The Hall–Kier alpha value is -2.96. The molecule has 7 heteroatoms.